The molecule has 4 aromatic rings. The van der Waals surface area contributed by atoms with Crippen molar-refractivity contribution in [2.24, 2.45) is 5.73 Å². The molecule has 0 fully saturated rings. The molecule has 3 aromatic carbocycles. The molecule has 30 heavy (non-hydrogen) atoms. The summed E-state index contributed by atoms with van der Waals surface area (Å²) in [5.41, 5.74) is 11.9. The molecule has 0 aliphatic rings. The minimum Gasteiger partial charge on any atom is -0.403 e. The Balaban J connectivity index is 1.53. The SMILES string of the molecule is Cc1c(-c2ccccc2)cccc1-c1nnc(Nc2cccc(CNCCN)c2)o1. The van der Waals surface area contributed by atoms with E-state index in [1.54, 1.807) is 0 Å². The molecule has 0 atom stereocenters. The predicted molar refractivity (Wildman–Crippen MR) is 120 cm³/mol. The van der Waals surface area contributed by atoms with Gasteiger partial charge in [-0.15, -0.1) is 5.10 Å². The van der Waals surface area contributed by atoms with Crippen LogP contribution in [-0.2, 0) is 6.54 Å². The van der Waals surface area contributed by atoms with Crippen molar-refractivity contribution in [1.29, 1.82) is 0 Å². The number of nitrogens with two attached hydrogens (primary N) is 1. The third kappa shape index (κ3) is 4.56. The lowest BCUT2D eigenvalue weighted by Gasteiger charge is -2.09. The minimum atomic E-state index is 0.363. The second-order valence-electron chi connectivity index (χ2n) is 7.05. The van der Waals surface area contributed by atoms with Crippen LogP contribution in [0, 0.1) is 6.92 Å². The summed E-state index contributed by atoms with van der Waals surface area (Å²) in [6.07, 6.45) is 0. The first kappa shape index (κ1) is 19.8. The molecule has 1 heterocycles. The molecule has 0 saturated heterocycles. The zero-order chi connectivity index (χ0) is 20.8. The fourth-order valence-corrected chi connectivity index (χ4v) is 3.40. The Labute approximate surface area is 176 Å². The fraction of sp³-hybridized carbons (Fsp3) is 0.167. The van der Waals surface area contributed by atoms with Gasteiger partial charge in [-0.3, -0.25) is 0 Å². The molecular weight excluding hydrogens is 374 g/mol. The number of aromatic nitrogens is 2. The molecule has 0 unspecified atom stereocenters. The van der Waals surface area contributed by atoms with Gasteiger partial charge in [0.2, 0.25) is 5.89 Å². The van der Waals surface area contributed by atoms with Gasteiger partial charge < -0.3 is 20.8 Å². The van der Waals surface area contributed by atoms with Crippen LogP contribution >= 0.6 is 0 Å². The van der Waals surface area contributed by atoms with E-state index in [0.29, 0.717) is 18.5 Å². The van der Waals surface area contributed by atoms with Crippen molar-refractivity contribution in [3.05, 3.63) is 83.9 Å². The van der Waals surface area contributed by atoms with E-state index in [9.17, 15) is 0 Å². The van der Waals surface area contributed by atoms with Gasteiger partial charge in [-0.2, -0.15) is 0 Å². The molecule has 0 amide bonds. The first-order valence-corrected chi connectivity index (χ1v) is 10.0. The summed E-state index contributed by atoms with van der Waals surface area (Å²) in [5.74, 6) is 0.494. The van der Waals surface area contributed by atoms with Crippen molar-refractivity contribution in [1.82, 2.24) is 15.5 Å². The lowest BCUT2D eigenvalue weighted by Crippen LogP contribution is -2.21. The van der Waals surface area contributed by atoms with Crippen LogP contribution in [0.5, 0.6) is 0 Å². The van der Waals surface area contributed by atoms with Crippen LogP contribution in [0.1, 0.15) is 11.1 Å². The highest BCUT2D eigenvalue weighted by Gasteiger charge is 2.14. The molecule has 4 N–H and O–H groups in total. The number of benzene rings is 3. The van der Waals surface area contributed by atoms with E-state index in [1.807, 2.05) is 42.5 Å². The molecule has 0 saturated carbocycles. The number of hydrogen-bond donors (Lipinski definition) is 3. The molecule has 0 bridgehead atoms. The Morgan fingerprint density at radius 3 is 2.53 bits per heavy atom. The minimum absolute atomic E-state index is 0.363. The molecule has 0 aliphatic heterocycles. The van der Waals surface area contributed by atoms with Crippen LogP contribution < -0.4 is 16.4 Å². The van der Waals surface area contributed by atoms with Gasteiger partial charge in [0.25, 0.3) is 0 Å². The monoisotopic (exact) mass is 399 g/mol. The smallest absolute Gasteiger partial charge is 0.320 e. The second kappa shape index (κ2) is 9.35. The van der Waals surface area contributed by atoms with Crippen molar-refractivity contribution < 1.29 is 4.42 Å². The summed E-state index contributed by atoms with van der Waals surface area (Å²) >= 11 is 0. The molecule has 4 rings (SSSR count). The van der Waals surface area contributed by atoms with Gasteiger partial charge >= 0.3 is 6.01 Å². The zero-order valence-corrected chi connectivity index (χ0v) is 16.9. The Bertz CT molecular complexity index is 1110. The van der Waals surface area contributed by atoms with Gasteiger partial charge in [0.1, 0.15) is 0 Å². The highest BCUT2D eigenvalue weighted by molar-refractivity contribution is 5.75. The normalized spacial score (nSPS) is 10.9. The number of nitrogens with one attached hydrogen (secondary N) is 2. The van der Waals surface area contributed by atoms with E-state index in [0.717, 1.165) is 46.6 Å². The largest absolute Gasteiger partial charge is 0.403 e. The summed E-state index contributed by atoms with van der Waals surface area (Å²) in [4.78, 5) is 0. The summed E-state index contributed by atoms with van der Waals surface area (Å²) in [6, 6.07) is 24.8. The maximum Gasteiger partial charge on any atom is 0.320 e. The third-order valence-corrected chi connectivity index (χ3v) is 4.90. The van der Waals surface area contributed by atoms with E-state index in [-0.39, 0.29) is 0 Å². The number of anilines is 2. The zero-order valence-electron chi connectivity index (χ0n) is 16.9. The lowest BCUT2D eigenvalue weighted by atomic mass is 9.96. The Morgan fingerprint density at radius 1 is 0.900 bits per heavy atom. The van der Waals surface area contributed by atoms with Crippen molar-refractivity contribution in [2.75, 3.05) is 18.4 Å². The van der Waals surface area contributed by atoms with E-state index in [2.05, 4.69) is 58.1 Å². The molecule has 152 valence electrons. The van der Waals surface area contributed by atoms with Crippen molar-refractivity contribution >= 4 is 11.7 Å². The van der Waals surface area contributed by atoms with E-state index >= 15 is 0 Å². The highest BCUT2D eigenvalue weighted by atomic mass is 16.4. The van der Waals surface area contributed by atoms with Crippen LogP contribution in [0.4, 0.5) is 11.7 Å². The number of rotatable bonds is 8. The second-order valence-corrected chi connectivity index (χ2v) is 7.05. The quantitative estimate of drug-likeness (QED) is 0.378. The third-order valence-electron chi connectivity index (χ3n) is 4.90. The van der Waals surface area contributed by atoms with E-state index in [4.69, 9.17) is 10.2 Å². The van der Waals surface area contributed by atoms with Crippen LogP contribution in [0.3, 0.4) is 0 Å². The van der Waals surface area contributed by atoms with E-state index < -0.39 is 0 Å². The lowest BCUT2D eigenvalue weighted by molar-refractivity contribution is 0.587. The van der Waals surface area contributed by atoms with Gasteiger partial charge in [0, 0.05) is 30.9 Å². The van der Waals surface area contributed by atoms with Crippen LogP contribution in [-0.4, -0.2) is 23.3 Å². The van der Waals surface area contributed by atoms with Crippen LogP contribution in [0.2, 0.25) is 0 Å². The summed E-state index contributed by atoms with van der Waals surface area (Å²) < 4.78 is 5.92. The Hall–Kier alpha value is -3.48. The summed E-state index contributed by atoms with van der Waals surface area (Å²) in [5, 5.41) is 14.9. The first-order chi connectivity index (χ1) is 14.7. The van der Waals surface area contributed by atoms with Crippen molar-refractivity contribution in [3.8, 4) is 22.6 Å². The molecule has 6 nitrogen and oxygen atoms in total. The maximum absolute atomic E-state index is 5.92. The standard InChI is InChI=1S/C24H25N5O/c1-17-21(19-8-3-2-4-9-19)11-6-12-22(17)23-28-29-24(30-23)27-20-10-5-7-18(15-20)16-26-14-13-25/h2-12,15,26H,13-14,16,25H2,1H3,(H,27,29). The van der Waals surface area contributed by atoms with Gasteiger partial charge in [0.15, 0.2) is 0 Å². The number of hydrogen-bond acceptors (Lipinski definition) is 6. The fourth-order valence-electron chi connectivity index (χ4n) is 3.40. The van der Waals surface area contributed by atoms with Crippen LogP contribution in [0.25, 0.3) is 22.6 Å². The Kier molecular flexibility index (Phi) is 6.17. The molecule has 0 aliphatic carbocycles. The molecule has 6 heteroatoms. The molecule has 0 spiro atoms. The summed E-state index contributed by atoms with van der Waals surface area (Å²) in [7, 11) is 0. The maximum atomic E-state index is 5.92. The average molecular weight is 399 g/mol. The first-order valence-electron chi connectivity index (χ1n) is 10.0. The summed E-state index contributed by atoms with van der Waals surface area (Å²) in [6.45, 7) is 4.24. The van der Waals surface area contributed by atoms with Crippen LogP contribution in [0.15, 0.2) is 77.2 Å². The van der Waals surface area contributed by atoms with Gasteiger partial charge in [-0.25, -0.2) is 0 Å². The number of nitrogens with zero attached hydrogens (tertiary/aromatic N) is 2. The predicted octanol–water partition coefficient (Wildman–Crippen LogP) is 4.50. The Morgan fingerprint density at radius 2 is 1.70 bits per heavy atom. The average Bonchev–Trinajstić information content (AvgIpc) is 3.23. The highest BCUT2D eigenvalue weighted by Crippen LogP contribution is 2.32. The van der Waals surface area contributed by atoms with Crippen molar-refractivity contribution in [2.45, 2.75) is 13.5 Å². The molecule has 1 aromatic heterocycles. The van der Waals surface area contributed by atoms with Gasteiger partial charge in [-0.05, 0) is 47.4 Å². The van der Waals surface area contributed by atoms with Gasteiger partial charge in [-0.1, -0.05) is 59.7 Å². The topological polar surface area (TPSA) is 89.0 Å². The van der Waals surface area contributed by atoms with E-state index in [1.165, 1.54) is 0 Å². The van der Waals surface area contributed by atoms with Crippen molar-refractivity contribution in [3.63, 3.8) is 0 Å². The molecule has 0 radical (unpaired) electrons. The molecular formula is C24H25N5O. The van der Waals surface area contributed by atoms with Gasteiger partial charge in [0.05, 0.1) is 0 Å².